The number of benzene rings is 2. The lowest BCUT2D eigenvalue weighted by Crippen LogP contribution is -1.88. The normalized spacial score (nSPS) is 8.75. The average molecular weight is 268 g/mol. The van der Waals surface area contributed by atoms with E-state index in [1.807, 2.05) is 6.07 Å². The molecule has 0 fully saturated rings. The van der Waals surface area contributed by atoms with Crippen molar-refractivity contribution < 1.29 is 0 Å². The van der Waals surface area contributed by atoms with Crippen molar-refractivity contribution in [2.75, 3.05) is 0 Å². The van der Waals surface area contributed by atoms with E-state index in [-0.39, 0.29) is 0 Å². The molecular formula is C20H28. The highest BCUT2D eigenvalue weighted by Crippen LogP contribution is 2.08. The van der Waals surface area contributed by atoms with Crippen LogP contribution in [0.1, 0.15) is 37.5 Å². The van der Waals surface area contributed by atoms with Crippen LogP contribution in [0, 0.1) is 0 Å². The molecule has 0 N–H and O–H groups in total. The average Bonchev–Trinajstić information content (AvgIpc) is 2.57. The summed E-state index contributed by atoms with van der Waals surface area (Å²) in [4.78, 5) is 0. The fraction of sp³-hybridized carbons (Fsp3) is 0.300. The third-order valence-electron chi connectivity index (χ3n) is 3.13. The van der Waals surface area contributed by atoms with Gasteiger partial charge < -0.3 is 0 Å². The van der Waals surface area contributed by atoms with E-state index in [0.29, 0.717) is 0 Å². The quantitative estimate of drug-likeness (QED) is 0.611. The van der Waals surface area contributed by atoms with Gasteiger partial charge in [0, 0.05) is 0 Å². The first-order chi connectivity index (χ1) is 9.81. The van der Waals surface area contributed by atoms with Crippen molar-refractivity contribution in [2.24, 2.45) is 0 Å². The molecule has 2 aromatic rings. The Labute approximate surface area is 125 Å². The number of hydrogen-bond donors (Lipinski definition) is 0. The Morgan fingerprint density at radius 1 is 0.600 bits per heavy atom. The molecule has 0 heterocycles. The lowest BCUT2D eigenvalue weighted by molar-refractivity contribution is 1.04. The van der Waals surface area contributed by atoms with Crippen LogP contribution in [0.3, 0.4) is 0 Å². The molecule has 2 aromatic carbocycles. The van der Waals surface area contributed by atoms with Crippen molar-refractivity contribution in [3.63, 3.8) is 0 Å². The molecule has 20 heavy (non-hydrogen) atoms. The zero-order chi connectivity index (χ0) is 15.2. The summed E-state index contributed by atoms with van der Waals surface area (Å²) in [7, 11) is 0. The Morgan fingerprint density at radius 2 is 1.00 bits per heavy atom. The molecule has 0 atom stereocenters. The summed E-state index contributed by atoms with van der Waals surface area (Å²) in [5.41, 5.74) is 4.39. The van der Waals surface area contributed by atoms with E-state index in [9.17, 15) is 0 Å². The predicted molar refractivity (Wildman–Crippen MR) is 92.3 cm³/mol. The molecule has 0 radical (unpaired) electrons. The third-order valence-corrected chi connectivity index (χ3v) is 3.13. The van der Waals surface area contributed by atoms with Gasteiger partial charge in [-0.3, -0.25) is 0 Å². The van der Waals surface area contributed by atoms with Gasteiger partial charge in [0.25, 0.3) is 0 Å². The summed E-state index contributed by atoms with van der Waals surface area (Å²) >= 11 is 0. The van der Waals surface area contributed by atoms with Crippen molar-refractivity contribution >= 4 is 0 Å². The van der Waals surface area contributed by atoms with Crippen LogP contribution >= 0.6 is 0 Å². The zero-order valence-corrected chi connectivity index (χ0v) is 13.2. The maximum atomic E-state index is 3.00. The van der Waals surface area contributed by atoms with Crippen LogP contribution < -0.4 is 0 Å². The Kier molecular flexibility index (Phi) is 11.1. The van der Waals surface area contributed by atoms with Crippen LogP contribution in [-0.4, -0.2) is 0 Å². The monoisotopic (exact) mass is 268 g/mol. The fourth-order valence-corrected chi connectivity index (χ4v) is 1.96. The summed E-state index contributed by atoms with van der Waals surface area (Å²) < 4.78 is 0. The summed E-state index contributed by atoms with van der Waals surface area (Å²) in [5, 5.41) is 0. The van der Waals surface area contributed by atoms with Gasteiger partial charge in [0.15, 0.2) is 0 Å². The van der Waals surface area contributed by atoms with Gasteiger partial charge in [-0.25, -0.2) is 0 Å². The molecule has 108 valence electrons. The van der Waals surface area contributed by atoms with Gasteiger partial charge >= 0.3 is 0 Å². The smallest absolute Gasteiger partial charge is 0.0305 e. The lowest BCUT2D eigenvalue weighted by atomic mass is 10.0. The predicted octanol–water partition coefficient (Wildman–Crippen LogP) is 5.86. The molecule has 0 amide bonds. The van der Waals surface area contributed by atoms with Crippen LogP contribution in [0.4, 0.5) is 0 Å². The highest BCUT2D eigenvalue weighted by Gasteiger charge is 1.93. The van der Waals surface area contributed by atoms with Crippen molar-refractivity contribution in [1.29, 1.82) is 0 Å². The van der Waals surface area contributed by atoms with Crippen LogP contribution in [0.2, 0.25) is 0 Å². The van der Waals surface area contributed by atoms with Crippen molar-refractivity contribution in [3.8, 4) is 0 Å². The van der Waals surface area contributed by atoms with E-state index in [4.69, 9.17) is 0 Å². The topological polar surface area (TPSA) is 0 Å². The molecule has 0 bridgehead atoms. The van der Waals surface area contributed by atoms with Gasteiger partial charge in [-0.15, -0.1) is 13.2 Å². The second-order valence-electron chi connectivity index (χ2n) is 4.31. The first-order valence-electron chi connectivity index (χ1n) is 7.42. The second-order valence-corrected chi connectivity index (χ2v) is 4.31. The van der Waals surface area contributed by atoms with Crippen molar-refractivity contribution in [3.05, 3.63) is 84.4 Å². The molecular weight excluding hydrogens is 240 g/mol. The summed E-state index contributed by atoms with van der Waals surface area (Å²) in [6.07, 6.45) is 3.45. The van der Waals surface area contributed by atoms with Crippen molar-refractivity contribution in [2.45, 2.75) is 40.0 Å². The molecule has 0 aliphatic heterocycles. The molecule has 2 rings (SSSR count). The van der Waals surface area contributed by atoms with E-state index in [1.54, 1.807) is 0 Å². The SMILES string of the molecule is C=C.CCc1ccccc1.CCc1ccccc1CC. The largest absolute Gasteiger partial charge is 0.106 e. The zero-order valence-electron chi connectivity index (χ0n) is 13.2. The van der Waals surface area contributed by atoms with Gasteiger partial charge in [0.05, 0.1) is 0 Å². The fourth-order valence-electron chi connectivity index (χ4n) is 1.96. The molecule has 0 unspecified atom stereocenters. The van der Waals surface area contributed by atoms with E-state index >= 15 is 0 Å². The summed E-state index contributed by atoms with van der Waals surface area (Å²) in [5.74, 6) is 0. The first-order valence-corrected chi connectivity index (χ1v) is 7.42. The molecule has 0 spiro atoms. The van der Waals surface area contributed by atoms with Crippen LogP contribution in [0.25, 0.3) is 0 Å². The number of aryl methyl sites for hydroxylation is 3. The minimum Gasteiger partial charge on any atom is -0.106 e. The number of rotatable bonds is 3. The summed E-state index contributed by atoms with van der Waals surface area (Å²) in [6.45, 7) is 12.6. The Hall–Kier alpha value is -1.82. The standard InChI is InChI=1S/C10H14.C8H10.C2H4/c1-3-9-7-5-6-8-10(9)4-2;1-2-8-6-4-3-5-7-8;1-2/h5-8H,3-4H2,1-2H3;3-7H,2H2,1H3;1-2H2. The van der Waals surface area contributed by atoms with Gasteiger partial charge in [-0.05, 0) is 36.0 Å². The Bertz CT molecular complexity index is 420. The molecule has 0 nitrogen and oxygen atoms in total. The Balaban J connectivity index is 0.000000327. The molecule has 0 aromatic heterocycles. The molecule has 0 aliphatic carbocycles. The van der Waals surface area contributed by atoms with E-state index in [0.717, 1.165) is 19.3 Å². The van der Waals surface area contributed by atoms with Gasteiger partial charge in [0.1, 0.15) is 0 Å². The van der Waals surface area contributed by atoms with Crippen LogP contribution in [-0.2, 0) is 19.3 Å². The molecule has 0 saturated carbocycles. The maximum Gasteiger partial charge on any atom is -0.0305 e. The summed E-state index contributed by atoms with van der Waals surface area (Å²) in [6, 6.07) is 19.1. The molecule has 0 heteroatoms. The van der Waals surface area contributed by atoms with Crippen LogP contribution in [0.5, 0.6) is 0 Å². The van der Waals surface area contributed by atoms with Crippen molar-refractivity contribution in [1.82, 2.24) is 0 Å². The maximum absolute atomic E-state index is 3.00. The second kappa shape index (κ2) is 12.2. The van der Waals surface area contributed by atoms with Gasteiger partial charge in [-0.2, -0.15) is 0 Å². The van der Waals surface area contributed by atoms with Gasteiger partial charge in [-0.1, -0.05) is 75.4 Å². The lowest BCUT2D eigenvalue weighted by Gasteiger charge is -2.02. The minimum atomic E-state index is 1.14. The molecule has 0 saturated heterocycles. The van der Waals surface area contributed by atoms with E-state index in [2.05, 4.69) is 82.5 Å². The van der Waals surface area contributed by atoms with Gasteiger partial charge in [0.2, 0.25) is 0 Å². The van der Waals surface area contributed by atoms with E-state index < -0.39 is 0 Å². The number of hydrogen-bond acceptors (Lipinski definition) is 0. The third kappa shape index (κ3) is 6.94. The van der Waals surface area contributed by atoms with Crippen LogP contribution in [0.15, 0.2) is 67.8 Å². The Morgan fingerprint density at radius 3 is 1.30 bits per heavy atom. The van der Waals surface area contributed by atoms with E-state index in [1.165, 1.54) is 16.7 Å². The first kappa shape index (κ1) is 18.2. The molecule has 0 aliphatic rings. The highest BCUT2D eigenvalue weighted by molar-refractivity contribution is 5.26. The highest BCUT2D eigenvalue weighted by atomic mass is 14.0. The minimum absolute atomic E-state index is 1.14.